The summed E-state index contributed by atoms with van der Waals surface area (Å²) >= 11 is 0. The van der Waals surface area contributed by atoms with Gasteiger partial charge < -0.3 is 34.6 Å². The first-order chi connectivity index (χ1) is 18.0. The lowest BCUT2D eigenvalue weighted by Crippen LogP contribution is -2.36. The van der Waals surface area contributed by atoms with Gasteiger partial charge in [-0.2, -0.15) is 0 Å². The molecule has 38 heavy (non-hydrogen) atoms. The van der Waals surface area contributed by atoms with Crippen molar-refractivity contribution in [3.05, 3.63) is 81.4 Å². The number of carboxylic acid groups (broad SMARTS) is 2. The van der Waals surface area contributed by atoms with Crippen molar-refractivity contribution >= 4 is 23.9 Å². The number of aromatic carboxylic acids is 1. The van der Waals surface area contributed by atoms with E-state index >= 15 is 0 Å². The van der Waals surface area contributed by atoms with Crippen LogP contribution in [-0.4, -0.2) is 44.3 Å². The van der Waals surface area contributed by atoms with Crippen molar-refractivity contribution in [2.24, 2.45) is 0 Å². The van der Waals surface area contributed by atoms with Crippen LogP contribution in [0.15, 0.2) is 42.5 Å². The van der Waals surface area contributed by atoms with E-state index in [1.54, 1.807) is 18.2 Å². The third kappa shape index (κ3) is 3.35. The molecule has 0 saturated heterocycles. The molecule has 2 aliphatic heterocycles. The van der Waals surface area contributed by atoms with Gasteiger partial charge in [-0.05, 0) is 30.7 Å². The number of ether oxygens (including phenoxy) is 3. The Hall–Kier alpha value is -5.06. The molecule has 0 amide bonds. The van der Waals surface area contributed by atoms with Crippen molar-refractivity contribution in [1.29, 1.82) is 0 Å². The Balaban J connectivity index is 1.97. The van der Waals surface area contributed by atoms with E-state index in [0.717, 1.165) is 19.1 Å². The summed E-state index contributed by atoms with van der Waals surface area (Å²) in [6.07, 6.45) is 0. The second-order valence-electron chi connectivity index (χ2n) is 8.86. The number of aliphatic carboxylic acids is 1. The molecule has 1 spiro atoms. The van der Waals surface area contributed by atoms with Gasteiger partial charge in [0.25, 0.3) is 0 Å². The average Bonchev–Trinajstić information content (AvgIpc) is 3.14. The number of aromatic hydroxyl groups is 2. The number of carbonyl (C=O) groups is 4. The largest absolute Gasteiger partial charge is 0.507 e. The number of benzene rings is 3. The molecule has 0 fully saturated rings. The van der Waals surface area contributed by atoms with Crippen LogP contribution < -0.4 is 4.74 Å². The smallest absolute Gasteiger partial charge is 0.343 e. The Bertz CT molecular complexity index is 1570. The molecule has 2 atom stereocenters. The molecule has 2 unspecified atom stereocenters. The van der Waals surface area contributed by atoms with Gasteiger partial charge in [-0.15, -0.1) is 0 Å². The fraction of sp³-hybridized carbons (Fsp3) is 0.185. The van der Waals surface area contributed by atoms with Gasteiger partial charge in [0.05, 0.1) is 17.0 Å². The Kier molecular flexibility index (Phi) is 5.52. The molecule has 2 aliphatic rings. The number of fused-ring (bicyclic) bond motifs is 6. The zero-order chi connectivity index (χ0) is 27.5. The van der Waals surface area contributed by atoms with Crippen LogP contribution in [0.1, 0.15) is 68.3 Å². The van der Waals surface area contributed by atoms with Crippen LogP contribution in [0.25, 0.3) is 0 Å². The van der Waals surface area contributed by atoms with Crippen LogP contribution in [-0.2, 0) is 31.3 Å². The highest BCUT2D eigenvalue weighted by Crippen LogP contribution is 2.60. The van der Waals surface area contributed by atoms with E-state index in [0.29, 0.717) is 0 Å². The van der Waals surface area contributed by atoms with Crippen LogP contribution in [0.2, 0.25) is 0 Å². The number of carbonyl (C=O) groups excluding carboxylic acids is 2. The molecule has 3 aromatic rings. The molecule has 4 N–H and O–H groups in total. The second-order valence-corrected chi connectivity index (χ2v) is 8.86. The van der Waals surface area contributed by atoms with Crippen molar-refractivity contribution in [2.45, 2.75) is 32.0 Å². The topological polar surface area (TPSA) is 177 Å². The molecule has 0 radical (unpaired) electrons. The maximum absolute atomic E-state index is 13.2. The molecular weight excluding hydrogens is 500 g/mol. The first-order valence-electron chi connectivity index (χ1n) is 11.3. The minimum atomic E-state index is -1.92. The van der Waals surface area contributed by atoms with Gasteiger partial charge >= 0.3 is 23.9 Å². The van der Waals surface area contributed by atoms with Gasteiger partial charge in [0.2, 0.25) is 0 Å². The number of rotatable bonds is 5. The number of phenols is 2. The number of esters is 2. The van der Waals surface area contributed by atoms with E-state index in [1.165, 1.54) is 19.1 Å². The number of phenolic OH excluding ortho intramolecular Hbond substituents is 1. The predicted molar refractivity (Wildman–Crippen MR) is 127 cm³/mol. The van der Waals surface area contributed by atoms with Crippen LogP contribution in [0.4, 0.5) is 0 Å². The van der Waals surface area contributed by atoms with E-state index < -0.39 is 59.1 Å². The van der Waals surface area contributed by atoms with Crippen molar-refractivity contribution in [3.63, 3.8) is 0 Å². The van der Waals surface area contributed by atoms with E-state index in [-0.39, 0.29) is 44.9 Å². The van der Waals surface area contributed by atoms with E-state index in [4.69, 9.17) is 14.2 Å². The average molecular weight is 520 g/mol. The summed E-state index contributed by atoms with van der Waals surface area (Å²) in [5, 5.41) is 41.1. The maximum Gasteiger partial charge on any atom is 0.343 e. The molecule has 0 aliphatic carbocycles. The Morgan fingerprint density at radius 3 is 2.39 bits per heavy atom. The lowest BCUT2D eigenvalue weighted by Gasteiger charge is -2.39. The molecule has 3 aromatic carbocycles. The zero-order valence-electron chi connectivity index (χ0n) is 20.0. The monoisotopic (exact) mass is 520 g/mol. The molecule has 0 aromatic heterocycles. The lowest BCUT2D eigenvalue weighted by atomic mass is 9.72. The van der Waals surface area contributed by atoms with Crippen LogP contribution in [0.3, 0.4) is 0 Å². The summed E-state index contributed by atoms with van der Waals surface area (Å²) in [7, 11) is 0. The highest BCUT2D eigenvalue weighted by molar-refractivity contribution is 5.99. The molecule has 2 heterocycles. The van der Waals surface area contributed by atoms with Gasteiger partial charge in [-0.3, -0.25) is 9.59 Å². The minimum absolute atomic E-state index is 0.0141. The van der Waals surface area contributed by atoms with E-state index in [1.807, 2.05) is 0 Å². The van der Waals surface area contributed by atoms with Crippen molar-refractivity contribution < 1.29 is 53.8 Å². The summed E-state index contributed by atoms with van der Waals surface area (Å²) in [4.78, 5) is 49.2. The predicted octanol–water partition coefficient (Wildman–Crippen LogP) is 3.62. The van der Waals surface area contributed by atoms with Gasteiger partial charge in [-0.25, -0.2) is 9.59 Å². The Morgan fingerprint density at radius 2 is 1.74 bits per heavy atom. The summed E-state index contributed by atoms with van der Waals surface area (Å²) in [6.45, 7) is 1.97. The number of carboxylic acids is 2. The van der Waals surface area contributed by atoms with Crippen LogP contribution in [0.5, 0.6) is 23.0 Å². The zero-order valence-corrected chi connectivity index (χ0v) is 20.0. The van der Waals surface area contributed by atoms with Crippen LogP contribution >= 0.6 is 0 Å². The summed E-state index contributed by atoms with van der Waals surface area (Å²) in [5.41, 5.74) is -2.22. The quantitative estimate of drug-likeness (QED) is 0.361. The second kappa shape index (κ2) is 8.51. The summed E-state index contributed by atoms with van der Waals surface area (Å²) in [6, 6.07) is 9.82. The van der Waals surface area contributed by atoms with Gasteiger partial charge in [0.15, 0.2) is 11.4 Å². The molecule has 0 bridgehead atoms. The Morgan fingerprint density at radius 1 is 1.03 bits per heavy atom. The van der Waals surface area contributed by atoms with Crippen LogP contribution in [0, 0.1) is 0 Å². The fourth-order valence-electron chi connectivity index (χ4n) is 5.09. The molecule has 194 valence electrons. The summed E-state index contributed by atoms with van der Waals surface area (Å²) in [5.74, 6) is -7.32. The highest BCUT2D eigenvalue weighted by atomic mass is 16.6. The molecule has 11 heteroatoms. The Labute approximate surface area is 214 Å². The SMILES string of the molecule is CC(=O)OCc1c(O)cc2c(c1C(C)C(=O)O)C1(OC(=O)c3ccccc31)c1ccc(O)c(C(=O)O)c1O2. The van der Waals surface area contributed by atoms with Gasteiger partial charge in [-0.1, -0.05) is 18.2 Å². The van der Waals surface area contributed by atoms with E-state index in [2.05, 4.69) is 0 Å². The number of hydrogen-bond donors (Lipinski definition) is 4. The first kappa shape index (κ1) is 24.6. The highest BCUT2D eigenvalue weighted by Gasteiger charge is 2.56. The standard InChI is InChI=1S/C27H20O11/c1-11(24(31)32)20-14(10-36-12(2)28)18(30)9-19-22(20)27(15-6-4-3-5-13(15)26(35)38-27)16-7-8-17(29)21(25(33)34)23(16)37-19/h3-9,11,29-30H,10H2,1-2H3,(H,31,32)(H,33,34). The maximum atomic E-state index is 13.2. The van der Waals surface area contributed by atoms with Crippen molar-refractivity contribution in [2.75, 3.05) is 0 Å². The van der Waals surface area contributed by atoms with E-state index in [9.17, 15) is 39.6 Å². The first-order valence-corrected chi connectivity index (χ1v) is 11.3. The number of hydrogen-bond acceptors (Lipinski definition) is 9. The molecule has 11 nitrogen and oxygen atoms in total. The third-order valence-corrected chi connectivity index (χ3v) is 6.71. The van der Waals surface area contributed by atoms with Crippen molar-refractivity contribution in [3.8, 4) is 23.0 Å². The van der Waals surface area contributed by atoms with Gasteiger partial charge in [0.1, 0.15) is 29.4 Å². The van der Waals surface area contributed by atoms with Gasteiger partial charge in [0, 0.05) is 29.7 Å². The molecular formula is C27H20O11. The fourth-order valence-corrected chi connectivity index (χ4v) is 5.09. The normalized spacial score (nSPS) is 17.5. The molecule has 5 rings (SSSR count). The third-order valence-electron chi connectivity index (χ3n) is 6.71. The molecule has 0 saturated carbocycles. The van der Waals surface area contributed by atoms with Crippen molar-refractivity contribution in [1.82, 2.24) is 0 Å². The minimum Gasteiger partial charge on any atom is -0.507 e. The summed E-state index contributed by atoms with van der Waals surface area (Å²) < 4.78 is 17.0. The lowest BCUT2D eigenvalue weighted by molar-refractivity contribution is -0.142.